The van der Waals surface area contributed by atoms with Crippen LogP contribution in [0.5, 0.6) is 0 Å². The monoisotopic (exact) mass is 480 g/mol. The number of primary amides is 1. The van der Waals surface area contributed by atoms with Gasteiger partial charge in [0.15, 0.2) is 8.32 Å². The first-order chi connectivity index (χ1) is 15.1. The van der Waals surface area contributed by atoms with E-state index in [1.54, 1.807) is 18.3 Å². The summed E-state index contributed by atoms with van der Waals surface area (Å²) in [7, 11) is -2.37. The molecule has 4 nitrogen and oxygen atoms in total. The highest BCUT2D eigenvalue weighted by Crippen LogP contribution is 2.48. The van der Waals surface area contributed by atoms with Gasteiger partial charge in [0.05, 0.1) is 5.56 Å². The number of amides is 1. The molecule has 1 heterocycles. The highest BCUT2D eigenvalue weighted by molar-refractivity contribution is 6.74. The van der Waals surface area contributed by atoms with Crippen LogP contribution in [0, 0.1) is 0 Å². The standard InChI is InChI=1S/C25H35F3N2O2Si/c1-22(2,3)33(4,5)32-24(21(29)31)15-12-20(17-30-24)23(13-7-6-8-14-23)18-10-9-11-19(16-18)25(26,27)28/h9-12,15-17,30H,6-8,13-14H2,1-5H3,(H2,29,31)/t24-/m0/s1. The van der Waals surface area contributed by atoms with Crippen LogP contribution < -0.4 is 11.1 Å². The summed E-state index contributed by atoms with van der Waals surface area (Å²) in [6, 6.07) is 5.62. The van der Waals surface area contributed by atoms with E-state index in [9.17, 15) is 18.0 Å². The van der Waals surface area contributed by atoms with Gasteiger partial charge in [-0.15, -0.1) is 0 Å². The molecule has 0 bridgehead atoms. The molecular formula is C25H35F3N2O2Si. The second kappa shape index (κ2) is 8.62. The first-order valence-electron chi connectivity index (χ1n) is 11.5. The average molecular weight is 481 g/mol. The third-order valence-electron chi connectivity index (χ3n) is 7.53. The highest BCUT2D eigenvalue weighted by Gasteiger charge is 2.48. The lowest BCUT2D eigenvalue weighted by atomic mass is 9.64. The number of allylic oxidation sites excluding steroid dienone is 2. The minimum absolute atomic E-state index is 0.141. The van der Waals surface area contributed by atoms with Crippen LogP contribution >= 0.6 is 0 Å². The SMILES string of the molecule is CC(C)(C)[Si](C)(C)O[C@]1(C(N)=O)C=CC(C2(c3cccc(C(F)(F)F)c3)CCCCC2)=CN1. The van der Waals surface area contributed by atoms with Gasteiger partial charge in [-0.3, -0.25) is 4.79 Å². The average Bonchev–Trinajstić information content (AvgIpc) is 2.73. The number of halogens is 3. The molecule has 3 rings (SSSR count). The van der Waals surface area contributed by atoms with Crippen molar-refractivity contribution in [1.82, 2.24) is 5.32 Å². The number of carbonyl (C=O) groups is 1. The van der Waals surface area contributed by atoms with Crippen molar-refractivity contribution in [2.75, 3.05) is 0 Å². The molecule has 2 aliphatic rings. The van der Waals surface area contributed by atoms with Gasteiger partial charge in [0.2, 0.25) is 5.72 Å². The third-order valence-corrected chi connectivity index (χ3v) is 12.0. The molecule has 0 unspecified atom stereocenters. The van der Waals surface area contributed by atoms with E-state index in [4.69, 9.17) is 10.2 Å². The summed E-state index contributed by atoms with van der Waals surface area (Å²) in [5.41, 5.74) is 4.58. The van der Waals surface area contributed by atoms with Gasteiger partial charge in [0.1, 0.15) is 0 Å². The molecule has 0 aromatic heterocycles. The number of nitrogens with two attached hydrogens (primary N) is 1. The fraction of sp³-hybridized carbons (Fsp3) is 0.560. The maximum atomic E-state index is 13.4. The molecule has 0 saturated heterocycles. The summed E-state index contributed by atoms with van der Waals surface area (Å²) < 4.78 is 46.7. The zero-order valence-electron chi connectivity index (χ0n) is 20.1. The van der Waals surface area contributed by atoms with Crippen LogP contribution in [-0.2, 0) is 20.8 Å². The van der Waals surface area contributed by atoms with E-state index < -0.39 is 37.1 Å². The number of benzene rings is 1. The van der Waals surface area contributed by atoms with Crippen LogP contribution in [0.1, 0.15) is 64.0 Å². The van der Waals surface area contributed by atoms with Crippen LogP contribution in [0.3, 0.4) is 0 Å². The molecular weight excluding hydrogens is 445 g/mol. The number of rotatable bonds is 5. The molecule has 1 saturated carbocycles. The second-order valence-electron chi connectivity index (χ2n) is 10.8. The first-order valence-corrected chi connectivity index (χ1v) is 14.4. The van der Waals surface area contributed by atoms with Gasteiger partial charge in [-0.25, -0.2) is 0 Å². The van der Waals surface area contributed by atoms with E-state index >= 15 is 0 Å². The summed E-state index contributed by atoms with van der Waals surface area (Å²) >= 11 is 0. The summed E-state index contributed by atoms with van der Waals surface area (Å²) in [6.45, 7) is 10.3. The lowest BCUT2D eigenvalue weighted by Gasteiger charge is -2.46. The Morgan fingerprint density at radius 3 is 2.24 bits per heavy atom. The Hall–Kier alpha value is -2.06. The van der Waals surface area contributed by atoms with Crippen molar-refractivity contribution >= 4 is 14.2 Å². The summed E-state index contributed by atoms with van der Waals surface area (Å²) in [5.74, 6) is -0.643. The predicted molar refractivity (Wildman–Crippen MR) is 127 cm³/mol. The Morgan fingerprint density at radius 2 is 1.76 bits per heavy atom. The Bertz CT molecular complexity index is 957. The fourth-order valence-corrected chi connectivity index (χ4v) is 5.84. The van der Waals surface area contributed by atoms with Gasteiger partial charge < -0.3 is 15.5 Å². The summed E-state index contributed by atoms with van der Waals surface area (Å²) in [5, 5.41) is 2.97. The van der Waals surface area contributed by atoms with Crippen LogP contribution in [0.25, 0.3) is 0 Å². The number of dihydropyridines is 1. The Kier molecular flexibility index (Phi) is 6.67. The van der Waals surface area contributed by atoms with Gasteiger partial charge in [-0.2, -0.15) is 13.2 Å². The molecule has 8 heteroatoms. The topological polar surface area (TPSA) is 64.3 Å². The minimum atomic E-state index is -4.40. The molecule has 1 aliphatic heterocycles. The molecule has 1 amide bonds. The quantitative estimate of drug-likeness (QED) is 0.497. The van der Waals surface area contributed by atoms with Gasteiger partial charge in [-0.05, 0) is 54.3 Å². The molecule has 3 N–H and O–H groups in total. The maximum absolute atomic E-state index is 13.4. The van der Waals surface area contributed by atoms with Crippen LogP contribution in [0.2, 0.25) is 18.1 Å². The fourth-order valence-electron chi connectivity index (χ4n) is 4.50. The van der Waals surface area contributed by atoms with Crippen LogP contribution in [0.4, 0.5) is 13.2 Å². The zero-order chi connectivity index (χ0) is 24.7. The van der Waals surface area contributed by atoms with Gasteiger partial charge in [0, 0.05) is 11.6 Å². The number of hydrogen-bond donors (Lipinski definition) is 2. The van der Waals surface area contributed by atoms with Crippen molar-refractivity contribution in [2.45, 2.75) is 88.3 Å². The third kappa shape index (κ3) is 4.92. The number of nitrogens with one attached hydrogen (secondary N) is 1. The molecule has 33 heavy (non-hydrogen) atoms. The van der Waals surface area contributed by atoms with E-state index in [2.05, 4.69) is 26.1 Å². The van der Waals surface area contributed by atoms with Crippen LogP contribution in [-0.4, -0.2) is 19.9 Å². The van der Waals surface area contributed by atoms with Crippen molar-refractivity contribution in [3.05, 3.63) is 59.3 Å². The van der Waals surface area contributed by atoms with Crippen LogP contribution in [0.15, 0.2) is 48.2 Å². The molecule has 0 radical (unpaired) electrons. The van der Waals surface area contributed by atoms with Crippen molar-refractivity contribution in [2.24, 2.45) is 5.73 Å². The molecule has 1 atom stereocenters. The van der Waals surface area contributed by atoms with E-state index in [-0.39, 0.29) is 5.04 Å². The summed E-state index contributed by atoms with van der Waals surface area (Å²) in [4.78, 5) is 12.5. The zero-order valence-corrected chi connectivity index (χ0v) is 21.1. The van der Waals surface area contributed by atoms with Gasteiger partial charge in [-0.1, -0.05) is 64.3 Å². The van der Waals surface area contributed by atoms with Gasteiger partial charge in [0.25, 0.3) is 5.91 Å². The lowest BCUT2D eigenvalue weighted by molar-refractivity contribution is -0.137. The highest BCUT2D eigenvalue weighted by atomic mass is 28.4. The Labute approximate surface area is 195 Å². The molecule has 1 fully saturated rings. The van der Waals surface area contributed by atoms with E-state index in [0.717, 1.165) is 43.7 Å². The maximum Gasteiger partial charge on any atom is 0.416 e. The lowest BCUT2D eigenvalue weighted by Crippen LogP contribution is -2.62. The van der Waals surface area contributed by atoms with E-state index in [0.29, 0.717) is 5.56 Å². The van der Waals surface area contributed by atoms with Crippen molar-refractivity contribution in [3.8, 4) is 0 Å². The predicted octanol–water partition coefficient (Wildman–Crippen LogP) is 6.15. The van der Waals surface area contributed by atoms with Crippen molar-refractivity contribution < 1.29 is 22.4 Å². The number of carbonyl (C=O) groups excluding carboxylic acids is 1. The molecule has 1 aromatic carbocycles. The minimum Gasteiger partial charge on any atom is -0.385 e. The smallest absolute Gasteiger partial charge is 0.385 e. The molecule has 1 aromatic rings. The molecule has 182 valence electrons. The Morgan fingerprint density at radius 1 is 1.12 bits per heavy atom. The van der Waals surface area contributed by atoms with Crippen molar-refractivity contribution in [3.63, 3.8) is 0 Å². The second-order valence-corrected chi connectivity index (χ2v) is 15.5. The Balaban J connectivity index is 2.01. The van der Waals surface area contributed by atoms with Gasteiger partial charge >= 0.3 is 6.18 Å². The first kappa shape index (κ1) is 25.6. The molecule has 1 aliphatic carbocycles. The van der Waals surface area contributed by atoms with Crippen molar-refractivity contribution in [1.29, 1.82) is 0 Å². The van der Waals surface area contributed by atoms with E-state index in [1.807, 2.05) is 19.2 Å². The summed E-state index contributed by atoms with van der Waals surface area (Å²) in [6.07, 6.45) is 5.14. The number of alkyl halides is 3. The normalized spacial score (nSPS) is 23.6. The van der Waals surface area contributed by atoms with E-state index in [1.165, 1.54) is 12.1 Å². The molecule has 0 spiro atoms. The largest absolute Gasteiger partial charge is 0.416 e. The number of hydrogen-bond acceptors (Lipinski definition) is 3.